The van der Waals surface area contributed by atoms with E-state index in [0.717, 1.165) is 16.5 Å². The highest BCUT2D eigenvalue weighted by molar-refractivity contribution is 9.10. The zero-order valence-corrected chi connectivity index (χ0v) is 18.9. The van der Waals surface area contributed by atoms with Crippen LogP contribution >= 0.6 is 28.1 Å². The molecule has 4 nitrogen and oxygen atoms in total. The van der Waals surface area contributed by atoms with Crippen LogP contribution in [0.25, 0.3) is 22.2 Å². The van der Waals surface area contributed by atoms with Crippen molar-refractivity contribution in [2.24, 2.45) is 0 Å². The van der Waals surface area contributed by atoms with Gasteiger partial charge in [0.05, 0.1) is 6.61 Å². The normalized spacial score (nSPS) is 11.8. The van der Waals surface area contributed by atoms with Crippen molar-refractivity contribution in [3.05, 3.63) is 107 Å². The maximum atomic E-state index is 13.6. The van der Waals surface area contributed by atoms with Gasteiger partial charge >= 0.3 is 0 Å². The molecule has 0 saturated heterocycles. The van der Waals surface area contributed by atoms with E-state index in [1.807, 2.05) is 60.7 Å². The van der Waals surface area contributed by atoms with Crippen LogP contribution in [-0.2, 0) is 6.61 Å². The maximum Gasteiger partial charge on any atom is 0.238 e. The highest BCUT2D eigenvalue weighted by Gasteiger charge is 2.21. The van der Waals surface area contributed by atoms with Crippen LogP contribution in [0.1, 0.15) is 11.1 Å². The zero-order valence-electron chi connectivity index (χ0n) is 16.5. The molecule has 0 aliphatic rings. The number of aromatic nitrogens is 1. The summed E-state index contributed by atoms with van der Waals surface area (Å²) >= 11 is 9.20. The van der Waals surface area contributed by atoms with Crippen LogP contribution in [-0.4, -0.2) is 10.1 Å². The van der Waals surface area contributed by atoms with Gasteiger partial charge in [0.25, 0.3) is 0 Å². The molecule has 3 aromatic carbocycles. The van der Waals surface area contributed by atoms with E-state index in [2.05, 4.69) is 21.2 Å². The van der Waals surface area contributed by atoms with E-state index in [9.17, 15) is 10.2 Å². The lowest BCUT2D eigenvalue weighted by Crippen LogP contribution is -2.40. The minimum Gasteiger partial charge on any atom is -0.867 e. The van der Waals surface area contributed by atoms with Gasteiger partial charge < -0.3 is 15.5 Å². The number of fused-ring (bicyclic) bond motifs is 1. The first-order chi connectivity index (χ1) is 15.1. The Kier molecular flexibility index (Phi) is 6.42. The first-order valence-corrected chi connectivity index (χ1v) is 10.9. The number of aliphatic hydroxyl groups is 1. The number of hydrogen-bond donors (Lipinski definition) is 2. The number of halogens is 1. The van der Waals surface area contributed by atoms with Crippen molar-refractivity contribution in [3.63, 3.8) is 0 Å². The number of pyridine rings is 1. The second kappa shape index (κ2) is 9.39. The van der Waals surface area contributed by atoms with E-state index in [4.69, 9.17) is 12.2 Å². The molecule has 4 aromatic rings. The lowest BCUT2D eigenvalue weighted by Gasteiger charge is -2.18. The zero-order chi connectivity index (χ0) is 21.8. The summed E-state index contributed by atoms with van der Waals surface area (Å²) in [5, 5.41) is 28.5. The van der Waals surface area contributed by atoms with Crippen LogP contribution in [0.15, 0.2) is 95.7 Å². The lowest BCUT2D eigenvalue weighted by molar-refractivity contribution is -0.578. The van der Waals surface area contributed by atoms with Gasteiger partial charge in [0.2, 0.25) is 5.70 Å². The molecule has 0 aliphatic heterocycles. The Balaban J connectivity index is 1.85. The second-order valence-electron chi connectivity index (χ2n) is 6.92. The maximum absolute atomic E-state index is 13.6. The van der Waals surface area contributed by atoms with E-state index >= 15 is 0 Å². The molecule has 1 aromatic heterocycles. The number of nitrogens with one attached hydrogen (secondary N) is 1. The fourth-order valence-corrected chi connectivity index (χ4v) is 4.16. The Morgan fingerprint density at radius 2 is 1.71 bits per heavy atom. The Bertz CT molecular complexity index is 1300. The van der Waals surface area contributed by atoms with Crippen molar-refractivity contribution in [2.45, 2.75) is 6.61 Å². The summed E-state index contributed by atoms with van der Waals surface area (Å²) in [6.45, 7) is -0.138. The molecule has 0 atom stereocenters. The van der Waals surface area contributed by atoms with Gasteiger partial charge in [-0.05, 0) is 34.9 Å². The van der Waals surface area contributed by atoms with Crippen molar-refractivity contribution in [2.75, 3.05) is 5.32 Å². The van der Waals surface area contributed by atoms with Crippen LogP contribution in [0.4, 0.5) is 5.69 Å². The highest BCUT2D eigenvalue weighted by atomic mass is 79.9. The number of rotatable bonds is 5. The third kappa shape index (κ3) is 4.51. The quantitative estimate of drug-likeness (QED) is 0.187. The number of hydrogen-bond acceptors (Lipinski definition) is 3. The molecular formula is C25H19BrN2O2S. The van der Waals surface area contributed by atoms with Crippen molar-refractivity contribution >= 4 is 61.1 Å². The number of anilines is 1. The summed E-state index contributed by atoms with van der Waals surface area (Å²) < 4.78 is 2.35. The van der Waals surface area contributed by atoms with Gasteiger partial charge in [-0.3, -0.25) is 0 Å². The summed E-state index contributed by atoms with van der Waals surface area (Å²) in [5.74, 6) is -0.231. The summed E-state index contributed by atoms with van der Waals surface area (Å²) in [4.78, 5) is 0.289. The predicted molar refractivity (Wildman–Crippen MR) is 130 cm³/mol. The largest absolute Gasteiger partial charge is 0.867 e. The van der Waals surface area contributed by atoms with Crippen LogP contribution in [0.3, 0.4) is 0 Å². The van der Waals surface area contributed by atoms with Gasteiger partial charge in [-0.1, -0.05) is 82.7 Å². The fourth-order valence-electron chi connectivity index (χ4n) is 3.38. The molecule has 0 aliphatic carbocycles. The molecule has 0 radical (unpaired) electrons. The molecule has 4 rings (SSSR count). The van der Waals surface area contributed by atoms with Crippen LogP contribution in [0, 0.1) is 0 Å². The number of thiocarbonyl (C=S) groups is 1. The van der Waals surface area contributed by atoms with Crippen LogP contribution < -0.4 is 15.0 Å². The Hall–Kier alpha value is -3.06. The fraction of sp³-hybridized carbons (Fsp3) is 0.0400. The molecule has 2 N–H and O–H groups in total. The molecule has 6 heteroatoms. The topological polar surface area (TPSA) is 59.2 Å². The van der Waals surface area contributed by atoms with E-state index in [-0.39, 0.29) is 17.4 Å². The Labute approximate surface area is 194 Å². The molecular weight excluding hydrogens is 472 g/mol. The van der Waals surface area contributed by atoms with E-state index in [1.165, 1.54) is 0 Å². The van der Waals surface area contributed by atoms with Crippen LogP contribution in [0.2, 0.25) is 0 Å². The standard InChI is InChI=1S/C25H19BrN2O2S/c26-21-12-4-3-11-20(21)24(30)23(28-14-6-7-17(15-28)16-29)25(31)27-22-13-5-9-18-8-1-2-10-19(18)22/h1-15,29H,16H2,(H-,27,30,31). The molecule has 0 bridgehead atoms. The van der Waals surface area contributed by atoms with Gasteiger partial charge in [-0.25, -0.2) is 0 Å². The third-order valence-corrected chi connectivity index (χ3v) is 5.88. The Morgan fingerprint density at radius 3 is 2.52 bits per heavy atom. The van der Waals surface area contributed by atoms with E-state index < -0.39 is 0 Å². The minimum absolute atomic E-state index is 0.138. The van der Waals surface area contributed by atoms with Crippen molar-refractivity contribution < 1.29 is 14.8 Å². The molecule has 0 unspecified atom stereocenters. The molecule has 0 spiro atoms. The molecule has 154 valence electrons. The SMILES string of the molecule is [O-]/C(=C(\C(=S)Nc1cccc2ccccc12)[n+]1cccc(CO)c1)c1ccccc1Br. The Morgan fingerprint density at radius 1 is 0.968 bits per heavy atom. The smallest absolute Gasteiger partial charge is 0.238 e. The monoisotopic (exact) mass is 490 g/mol. The van der Waals surface area contributed by atoms with Gasteiger partial charge in [0.15, 0.2) is 17.4 Å². The molecule has 1 heterocycles. The molecule has 0 saturated carbocycles. The average Bonchev–Trinajstić information content (AvgIpc) is 2.80. The molecule has 0 amide bonds. The first-order valence-electron chi connectivity index (χ1n) is 9.65. The van der Waals surface area contributed by atoms with Crippen molar-refractivity contribution in [1.82, 2.24) is 0 Å². The summed E-state index contributed by atoms with van der Waals surface area (Å²) in [6, 6.07) is 24.7. The highest BCUT2D eigenvalue weighted by Crippen LogP contribution is 2.26. The average molecular weight is 491 g/mol. The minimum atomic E-state index is -0.231. The summed E-state index contributed by atoms with van der Waals surface area (Å²) in [6.07, 6.45) is 3.46. The lowest BCUT2D eigenvalue weighted by atomic mass is 10.1. The number of benzene rings is 3. The molecule has 31 heavy (non-hydrogen) atoms. The summed E-state index contributed by atoms with van der Waals surface area (Å²) in [5.41, 5.74) is 2.29. The van der Waals surface area contributed by atoms with E-state index in [0.29, 0.717) is 21.3 Å². The third-order valence-electron chi connectivity index (χ3n) is 4.89. The van der Waals surface area contributed by atoms with Crippen LogP contribution in [0.5, 0.6) is 0 Å². The van der Waals surface area contributed by atoms with Crippen molar-refractivity contribution in [3.8, 4) is 0 Å². The van der Waals surface area contributed by atoms with Crippen molar-refractivity contribution in [1.29, 1.82) is 0 Å². The molecule has 0 fully saturated rings. The first kappa shape index (κ1) is 21.2. The van der Waals surface area contributed by atoms with Gasteiger partial charge in [-0.15, -0.1) is 0 Å². The van der Waals surface area contributed by atoms with Gasteiger partial charge in [0.1, 0.15) is 0 Å². The second-order valence-corrected chi connectivity index (χ2v) is 8.18. The van der Waals surface area contributed by atoms with Gasteiger partial charge in [0, 0.05) is 27.2 Å². The predicted octanol–water partition coefficient (Wildman–Crippen LogP) is 4.51. The number of nitrogens with zero attached hydrogens (tertiary/aromatic N) is 1. The summed E-state index contributed by atoms with van der Waals surface area (Å²) in [7, 11) is 0. The van der Waals surface area contributed by atoms with Gasteiger partial charge in [-0.2, -0.15) is 4.57 Å². The van der Waals surface area contributed by atoms with E-state index in [1.54, 1.807) is 35.2 Å². The number of aliphatic hydroxyl groups excluding tert-OH is 1.